The molecular weight excluding hydrogens is 400 g/mol. The molecular formula is C24H29ClN2OS. The lowest BCUT2D eigenvalue weighted by molar-refractivity contribution is -0.929. The van der Waals surface area contributed by atoms with Crippen LogP contribution < -0.4 is 17.7 Å². The fourth-order valence-corrected chi connectivity index (χ4v) is 5.32. The third-order valence-electron chi connectivity index (χ3n) is 6.01. The molecule has 1 aromatic heterocycles. The van der Waals surface area contributed by atoms with Crippen LogP contribution in [-0.4, -0.2) is 30.5 Å². The van der Waals surface area contributed by atoms with Crippen molar-refractivity contribution in [1.82, 2.24) is 0 Å². The predicted octanol–water partition coefficient (Wildman–Crippen LogP) is 3.07. The Kier molecular flexibility index (Phi) is 6.99. The molecule has 1 saturated carbocycles. The van der Waals surface area contributed by atoms with Crippen LogP contribution in [0.3, 0.4) is 0 Å². The zero-order chi connectivity index (χ0) is 19.6. The van der Waals surface area contributed by atoms with Crippen LogP contribution in [0.25, 0.3) is 10.1 Å². The zero-order valence-electron chi connectivity index (χ0n) is 17.2. The summed E-state index contributed by atoms with van der Waals surface area (Å²) in [6.07, 6.45) is 6.82. The lowest BCUT2D eigenvalue weighted by Gasteiger charge is -2.40. The average molecular weight is 429 g/mol. The van der Waals surface area contributed by atoms with E-state index in [0.29, 0.717) is 0 Å². The molecule has 0 unspecified atom stereocenters. The molecule has 0 radical (unpaired) electrons. The monoisotopic (exact) mass is 428 g/mol. The second-order valence-electron chi connectivity index (χ2n) is 8.53. The van der Waals surface area contributed by atoms with E-state index < -0.39 is 0 Å². The van der Waals surface area contributed by atoms with E-state index in [1.807, 2.05) is 36.4 Å². The minimum absolute atomic E-state index is 0. The van der Waals surface area contributed by atoms with Crippen LogP contribution in [0.2, 0.25) is 0 Å². The fourth-order valence-electron chi connectivity index (χ4n) is 4.36. The van der Waals surface area contributed by atoms with Gasteiger partial charge in [-0.2, -0.15) is 0 Å². The number of carbonyl (C=O) groups excluding carboxylic acids is 1. The van der Waals surface area contributed by atoms with Crippen molar-refractivity contribution in [2.45, 2.75) is 44.7 Å². The number of anilines is 1. The van der Waals surface area contributed by atoms with Gasteiger partial charge >= 0.3 is 0 Å². The minimum Gasteiger partial charge on any atom is -1.00 e. The Bertz CT molecular complexity index is 925. The zero-order valence-corrected chi connectivity index (χ0v) is 18.7. The normalized spacial score (nSPS) is 15.1. The van der Waals surface area contributed by atoms with Crippen molar-refractivity contribution < 1.29 is 21.7 Å². The molecule has 3 aromatic rings. The number of hydrogen-bond acceptors (Lipinski definition) is 2. The molecule has 154 valence electrons. The topological polar surface area (TPSA) is 29.1 Å². The molecule has 4 rings (SSSR count). The number of nitrogens with zero attached hydrogens (tertiary/aromatic N) is 1. The Balaban J connectivity index is 0.00000240. The van der Waals surface area contributed by atoms with Gasteiger partial charge in [-0.3, -0.25) is 4.79 Å². The number of carbonyl (C=O) groups is 1. The van der Waals surface area contributed by atoms with E-state index in [4.69, 9.17) is 0 Å². The molecule has 1 fully saturated rings. The number of halogens is 1. The number of amides is 1. The van der Waals surface area contributed by atoms with Gasteiger partial charge in [0.1, 0.15) is 6.54 Å². The molecule has 29 heavy (non-hydrogen) atoms. The van der Waals surface area contributed by atoms with Crippen LogP contribution in [0.1, 0.15) is 47.3 Å². The molecule has 0 spiro atoms. The van der Waals surface area contributed by atoms with Crippen molar-refractivity contribution in [3.8, 4) is 0 Å². The van der Waals surface area contributed by atoms with E-state index in [0.717, 1.165) is 37.7 Å². The van der Waals surface area contributed by atoms with E-state index in [-0.39, 0.29) is 18.3 Å². The van der Waals surface area contributed by atoms with E-state index in [9.17, 15) is 4.79 Å². The summed E-state index contributed by atoms with van der Waals surface area (Å²) >= 11 is 1.54. The highest BCUT2D eigenvalue weighted by molar-refractivity contribution is 7.20. The number of rotatable bonds is 5. The van der Waals surface area contributed by atoms with Crippen LogP contribution in [0.4, 0.5) is 5.69 Å². The standard InChI is InChI=1S/C24H28N2OS.ClH/c1-26(2,21-9-4-3-5-10-21)17-18-12-14-20(15-13-18)25-24(27)23-16-19-8-6-7-11-22(19)28-23;/h6-8,11-16,21H,3-5,9-10,17H2,1-2H3;1H. The summed E-state index contributed by atoms with van der Waals surface area (Å²) in [7, 11) is 4.71. The second-order valence-corrected chi connectivity index (χ2v) is 9.61. The van der Waals surface area contributed by atoms with Crippen molar-refractivity contribution in [2.24, 2.45) is 0 Å². The van der Waals surface area contributed by atoms with Gasteiger partial charge in [-0.05, 0) is 55.3 Å². The van der Waals surface area contributed by atoms with E-state index in [1.54, 1.807) is 0 Å². The van der Waals surface area contributed by atoms with Gasteiger partial charge in [0.15, 0.2) is 0 Å². The molecule has 0 atom stereocenters. The quantitative estimate of drug-likeness (QED) is 0.622. The third kappa shape index (κ3) is 5.19. The Morgan fingerprint density at radius 2 is 1.72 bits per heavy atom. The molecule has 1 aliphatic carbocycles. The average Bonchev–Trinajstić information content (AvgIpc) is 3.14. The predicted molar refractivity (Wildman–Crippen MR) is 119 cm³/mol. The maximum atomic E-state index is 12.6. The van der Waals surface area contributed by atoms with Gasteiger partial charge in [0, 0.05) is 16.0 Å². The van der Waals surface area contributed by atoms with Crippen LogP contribution in [0.5, 0.6) is 0 Å². The summed E-state index contributed by atoms with van der Waals surface area (Å²) in [6, 6.07) is 19.2. The highest BCUT2D eigenvalue weighted by atomic mass is 35.5. The first kappa shape index (κ1) is 21.8. The number of benzene rings is 2. The van der Waals surface area contributed by atoms with E-state index in [1.165, 1.54) is 49.0 Å². The van der Waals surface area contributed by atoms with Crippen LogP contribution in [0, 0.1) is 0 Å². The van der Waals surface area contributed by atoms with Crippen LogP contribution >= 0.6 is 11.3 Å². The summed E-state index contributed by atoms with van der Waals surface area (Å²) in [5.41, 5.74) is 2.18. The van der Waals surface area contributed by atoms with Crippen LogP contribution in [-0.2, 0) is 6.54 Å². The van der Waals surface area contributed by atoms with Gasteiger partial charge in [-0.25, -0.2) is 0 Å². The van der Waals surface area contributed by atoms with E-state index >= 15 is 0 Å². The number of hydrogen-bond donors (Lipinski definition) is 1. The molecule has 1 aliphatic rings. The van der Waals surface area contributed by atoms with Crippen LogP contribution in [0.15, 0.2) is 54.6 Å². The summed E-state index contributed by atoms with van der Waals surface area (Å²) < 4.78 is 2.19. The lowest BCUT2D eigenvalue weighted by Crippen LogP contribution is -3.00. The van der Waals surface area contributed by atoms with Gasteiger partial charge in [0.25, 0.3) is 5.91 Å². The Morgan fingerprint density at radius 1 is 1.03 bits per heavy atom. The maximum absolute atomic E-state index is 12.6. The van der Waals surface area contributed by atoms with Gasteiger partial charge in [-0.1, -0.05) is 36.8 Å². The third-order valence-corrected chi connectivity index (χ3v) is 7.13. The summed E-state index contributed by atoms with van der Waals surface area (Å²) in [5.74, 6) is -0.0349. The molecule has 3 nitrogen and oxygen atoms in total. The molecule has 2 aromatic carbocycles. The van der Waals surface area contributed by atoms with E-state index in [2.05, 4.69) is 37.6 Å². The number of thiophene rings is 1. The minimum atomic E-state index is -0.0349. The molecule has 0 saturated heterocycles. The highest BCUT2D eigenvalue weighted by Gasteiger charge is 2.29. The summed E-state index contributed by atoms with van der Waals surface area (Å²) in [4.78, 5) is 13.4. The van der Waals surface area contributed by atoms with Crippen molar-refractivity contribution >= 4 is 33.0 Å². The van der Waals surface area contributed by atoms with Gasteiger partial charge in [0.2, 0.25) is 0 Å². The first-order chi connectivity index (χ1) is 13.5. The lowest BCUT2D eigenvalue weighted by atomic mass is 9.92. The number of fused-ring (bicyclic) bond motifs is 1. The molecule has 1 heterocycles. The SMILES string of the molecule is C[N+](C)(Cc1ccc(NC(=O)c2cc3ccccc3s2)cc1)C1CCCCC1.[Cl-]. The summed E-state index contributed by atoms with van der Waals surface area (Å²) in [6.45, 7) is 1.04. The van der Waals surface area contributed by atoms with Crippen molar-refractivity contribution in [3.05, 3.63) is 65.0 Å². The molecule has 1 N–H and O–H groups in total. The largest absolute Gasteiger partial charge is 1.00 e. The van der Waals surface area contributed by atoms with Crippen molar-refractivity contribution in [2.75, 3.05) is 19.4 Å². The highest BCUT2D eigenvalue weighted by Crippen LogP contribution is 2.28. The second kappa shape index (κ2) is 9.29. The fraction of sp³-hybridized carbons (Fsp3) is 0.375. The molecule has 5 heteroatoms. The van der Waals surface area contributed by atoms with Gasteiger partial charge < -0.3 is 22.2 Å². The Labute approximate surface area is 183 Å². The smallest absolute Gasteiger partial charge is 0.265 e. The Morgan fingerprint density at radius 3 is 2.41 bits per heavy atom. The van der Waals surface area contributed by atoms with Gasteiger partial charge in [0.05, 0.1) is 25.0 Å². The molecule has 0 aliphatic heterocycles. The first-order valence-corrected chi connectivity index (χ1v) is 11.0. The maximum Gasteiger partial charge on any atom is 0.265 e. The number of quaternary nitrogens is 1. The van der Waals surface area contributed by atoms with Crippen molar-refractivity contribution in [3.63, 3.8) is 0 Å². The molecule has 1 amide bonds. The van der Waals surface area contributed by atoms with Gasteiger partial charge in [-0.15, -0.1) is 11.3 Å². The summed E-state index contributed by atoms with van der Waals surface area (Å²) in [5, 5.41) is 4.16. The number of nitrogens with one attached hydrogen (secondary N) is 1. The van der Waals surface area contributed by atoms with Crippen molar-refractivity contribution in [1.29, 1.82) is 0 Å². The Hall–Kier alpha value is -1.88. The first-order valence-electron chi connectivity index (χ1n) is 10.2. The molecule has 0 bridgehead atoms.